The van der Waals surface area contributed by atoms with Crippen molar-refractivity contribution in [3.63, 3.8) is 0 Å². The number of amides is 2. The van der Waals surface area contributed by atoms with E-state index in [-0.39, 0.29) is 17.9 Å². The van der Waals surface area contributed by atoms with Crippen molar-refractivity contribution in [3.05, 3.63) is 11.8 Å². The van der Waals surface area contributed by atoms with Crippen molar-refractivity contribution < 1.29 is 9.59 Å². The molecule has 1 aromatic heterocycles. The van der Waals surface area contributed by atoms with Crippen LogP contribution >= 0.6 is 0 Å². The fraction of sp³-hybridized carbons (Fsp3) is 0.762. The van der Waals surface area contributed by atoms with E-state index in [2.05, 4.69) is 29.8 Å². The molecule has 2 unspecified atom stereocenters. The van der Waals surface area contributed by atoms with Gasteiger partial charge < -0.3 is 10.6 Å². The third-order valence-corrected chi connectivity index (χ3v) is 6.34. The third kappa shape index (κ3) is 4.57. The number of carbonyl (C=O) groups is 2. The molecule has 2 aliphatic carbocycles. The lowest BCUT2D eigenvalue weighted by Crippen LogP contribution is -2.55. The van der Waals surface area contributed by atoms with Crippen LogP contribution in [0.15, 0.2) is 6.07 Å². The lowest BCUT2D eigenvalue weighted by molar-refractivity contribution is -0.126. The van der Waals surface area contributed by atoms with Crippen molar-refractivity contribution in [2.45, 2.75) is 89.9 Å². The predicted octanol–water partition coefficient (Wildman–Crippen LogP) is 3.26. The van der Waals surface area contributed by atoms with Gasteiger partial charge in [-0.3, -0.25) is 14.9 Å². The molecule has 154 valence electrons. The van der Waals surface area contributed by atoms with Crippen LogP contribution in [0.2, 0.25) is 0 Å². The maximum Gasteiger partial charge on any atom is 0.225 e. The number of hydrogen-bond acceptors (Lipinski definition) is 4. The molecule has 2 atom stereocenters. The summed E-state index contributed by atoms with van der Waals surface area (Å²) in [5.74, 6) is 2.07. The summed E-state index contributed by atoms with van der Waals surface area (Å²) in [6.07, 6.45) is 8.96. The van der Waals surface area contributed by atoms with Gasteiger partial charge in [-0.2, -0.15) is 5.10 Å². The Labute approximate surface area is 167 Å². The maximum atomic E-state index is 12.7. The van der Waals surface area contributed by atoms with E-state index in [1.807, 2.05) is 6.07 Å². The van der Waals surface area contributed by atoms with Gasteiger partial charge in [0.25, 0.3) is 0 Å². The Bertz CT molecular complexity index is 718. The van der Waals surface area contributed by atoms with Gasteiger partial charge in [0, 0.05) is 30.9 Å². The van der Waals surface area contributed by atoms with Gasteiger partial charge in [0.05, 0.1) is 5.69 Å². The Balaban J connectivity index is 1.50. The van der Waals surface area contributed by atoms with Crippen LogP contribution < -0.4 is 16.0 Å². The van der Waals surface area contributed by atoms with Gasteiger partial charge >= 0.3 is 0 Å². The van der Waals surface area contributed by atoms with Gasteiger partial charge in [0.2, 0.25) is 11.8 Å². The summed E-state index contributed by atoms with van der Waals surface area (Å²) < 4.78 is 1.76. The molecule has 0 aromatic carbocycles. The third-order valence-electron chi connectivity index (χ3n) is 6.34. The minimum atomic E-state index is -0.425. The zero-order valence-corrected chi connectivity index (χ0v) is 17.0. The van der Waals surface area contributed by atoms with Gasteiger partial charge in [-0.15, -0.1) is 0 Å². The second kappa shape index (κ2) is 8.23. The Kier molecular flexibility index (Phi) is 5.71. The summed E-state index contributed by atoms with van der Waals surface area (Å²) in [5.41, 5.74) is 1.01. The number of nitrogens with zero attached hydrogens (tertiary/aromatic N) is 2. The Morgan fingerprint density at radius 3 is 2.68 bits per heavy atom. The molecule has 4 rings (SSSR count). The molecule has 3 N–H and O–H groups in total. The highest BCUT2D eigenvalue weighted by molar-refractivity contribution is 5.90. The summed E-state index contributed by atoms with van der Waals surface area (Å²) >= 11 is 0. The monoisotopic (exact) mass is 387 g/mol. The Morgan fingerprint density at radius 1 is 1.25 bits per heavy atom. The normalized spacial score (nSPS) is 26.3. The van der Waals surface area contributed by atoms with Crippen molar-refractivity contribution in [2.75, 3.05) is 5.32 Å². The lowest BCUT2D eigenvalue weighted by atomic mass is 9.87. The van der Waals surface area contributed by atoms with E-state index in [9.17, 15) is 9.59 Å². The van der Waals surface area contributed by atoms with Crippen LogP contribution in [0.5, 0.6) is 0 Å². The second-order valence-corrected chi connectivity index (χ2v) is 9.12. The minimum Gasteiger partial charge on any atom is -0.322 e. The van der Waals surface area contributed by atoms with E-state index >= 15 is 0 Å². The quantitative estimate of drug-likeness (QED) is 0.699. The van der Waals surface area contributed by atoms with Gasteiger partial charge in [0.15, 0.2) is 6.29 Å². The molecule has 2 saturated carbocycles. The number of rotatable bonds is 6. The first-order chi connectivity index (χ1) is 13.5. The molecule has 0 radical (unpaired) electrons. The molecule has 2 heterocycles. The summed E-state index contributed by atoms with van der Waals surface area (Å²) in [7, 11) is 0. The predicted molar refractivity (Wildman–Crippen MR) is 108 cm³/mol. The summed E-state index contributed by atoms with van der Waals surface area (Å²) in [5, 5.41) is 14.3. The average Bonchev–Trinajstić information content (AvgIpc) is 3.43. The van der Waals surface area contributed by atoms with Crippen LogP contribution in [0.4, 0.5) is 5.82 Å². The Hall–Kier alpha value is -1.89. The molecule has 1 aromatic rings. The number of aromatic nitrogens is 2. The van der Waals surface area contributed by atoms with Crippen LogP contribution in [0.25, 0.3) is 0 Å². The van der Waals surface area contributed by atoms with Crippen LogP contribution in [-0.2, 0) is 9.59 Å². The van der Waals surface area contributed by atoms with Crippen molar-refractivity contribution in [3.8, 4) is 0 Å². The molecule has 3 aliphatic rings. The number of anilines is 1. The zero-order valence-electron chi connectivity index (χ0n) is 17.0. The highest BCUT2D eigenvalue weighted by atomic mass is 16.2. The molecule has 28 heavy (non-hydrogen) atoms. The van der Waals surface area contributed by atoms with E-state index in [0.717, 1.165) is 31.4 Å². The summed E-state index contributed by atoms with van der Waals surface area (Å²) in [6, 6.07) is 2.08. The molecule has 7 nitrogen and oxygen atoms in total. The first kappa shape index (κ1) is 19.4. The topological polar surface area (TPSA) is 88.1 Å². The molecule has 0 spiro atoms. The van der Waals surface area contributed by atoms with Crippen molar-refractivity contribution >= 4 is 17.6 Å². The van der Waals surface area contributed by atoms with Crippen molar-refractivity contribution in [1.82, 2.24) is 20.4 Å². The fourth-order valence-electron chi connectivity index (χ4n) is 4.40. The van der Waals surface area contributed by atoms with E-state index < -0.39 is 6.29 Å². The molecule has 7 heteroatoms. The van der Waals surface area contributed by atoms with Gasteiger partial charge in [-0.25, -0.2) is 4.68 Å². The van der Waals surface area contributed by atoms with E-state index in [1.165, 1.54) is 19.3 Å². The van der Waals surface area contributed by atoms with Crippen molar-refractivity contribution in [2.24, 2.45) is 11.8 Å². The first-order valence-corrected chi connectivity index (χ1v) is 10.9. The molecular formula is C21H33N5O2. The lowest BCUT2D eigenvalue weighted by Gasteiger charge is -2.34. The smallest absolute Gasteiger partial charge is 0.225 e. The maximum absolute atomic E-state index is 12.7. The average molecular weight is 388 g/mol. The zero-order chi connectivity index (χ0) is 19.7. The SMILES string of the molecule is CC(C)C1CC(=O)NC(n2nc(C3CC3)cc2NC(=O)CC2CCCCC2)N1. The van der Waals surface area contributed by atoms with E-state index in [4.69, 9.17) is 5.10 Å². The standard InChI is InChI=1S/C21H33N5O2/c1-13(2)16-12-20(28)24-21(22-16)26-18(11-17(25-26)15-8-9-15)23-19(27)10-14-6-4-3-5-7-14/h11,13-16,21-22H,3-10,12H2,1-2H3,(H,23,27)(H,24,28). The molecule has 2 amide bonds. The summed E-state index contributed by atoms with van der Waals surface area (Å²) in [4.78, 5) is 24.9. The first-order valence-electron chi connectivity index (χ1n) is 10.9. The van der Waals surface area contributed by atoms with Gasteiger partial charge in [0.1, 0.15) is 5.82 Å². The van der Waals surface area contributed by atoms with E-state index in [0.29, 0.717) is 36.4 Å². The largest absolute Gasteiger partial charge is 0.322 e. The van der Waals surface area contributed by atoms with Crippen molar-refractivity contribution in [1.29, 1.82) is 0 Å². The molecule has 0 bridgehead atoms. The van der Waals surface area contributed by atoms with Crippen LogP contribution in [0, 0.1) is 11.8 Å². The van der Waals surface area contributed by atoms with Gasteiger partial charge in [-0.1, -0.05) is 33.1 Å². The fourth-order valence-corrected chi connectivity index (χ4v) is 4.40. The van der Waals surface area contributed by atoms with Crippen LogP contribution in [0.1, 0.15) is 89.5 Å². The highest BCUT2D eigenvalue weighted by Gasteiger charge is 2.33. The van der Waals surface area contributed by atoms with Crippen LogP contribution in [0.3, 0.4) is 0 Å². The number of carbonyl (C=O) groups excluding carboxylic acids is 2. The number of nitrogens with one attached hydrogen (secondary N) is 3. The highest BCUT2D eigenvalue weighted by Crippen LogP contribution is 2.40. The molecule has 1 aliphatic heterocycles. The molecular weight excluding hydrogens is 354 g/mol. The molecule has 1 saturated heterocycles. The Morgan fingerprint density at radius 2 is 2.00 bits per heavy atom. The van der Waals surface area contributed by atoms with Crippen LogP contribution in [-0.4, -0.2) is 27.6 Å². The van der Waals surface area contributed by atoms with Gasteiger partial charge in [-0.05, 0) is 37.5 Å². The summed E-state index contributed by atoms with van der Waals surface area (Å²) in [6.45, 7) is 4.22. The van der Waals surface area contributed by atoms with E-state index in [1.54, 1.807) is 4.68 Å². The molecule has 3 fully saturated rings. The number of hydrogen-bond donors (Lipinski definition) is 3. The second-order valence-electron chi connectivity index (χ2n) is 9.12. The minimum absolute atomic E-state index is 0.0189.